The third-order valence-corrected chi connectivity index (χ3v) is 11.5. The van der Waals surface area contributed by atoms with Gasteiger partial charge in [0.2, 0.25) is 12.0 Å². The number of rotatable bonds is 16. The number of carbonyl (C=O) groups is 2. The standard InChI is InChI=1S/C43H48N4O15/c1-56-26-8-7-24-32-27(13-20-5-3-2-4-6-20)59-28-15-23(58-43-36(55)34(53)35(54)40(62-43)41(42(44)45)60-30(52)16-29(50)51)14-22(18-47-17-21-9-10-46-33(21)25(47)19-49)31(28)39(32)61-37(24)38(26)57-12-11-48/h2-10,14-15,27,32,34-36,39-43,48-49,53-55H,11-13,16-19,44-45H2,1H3,(H,50,51). The number of carboxylic acids is 1. The Morgan fingerprint density at radius 1 is 1.02 bits per heavy atom. The van der Waals surface area contributed by atoms with Crippen LogP contribution in [-0.4, -0.2) is 136 Å². The van der Waals surface area contributed by atoms with Crippen molar-refractivity contribution < 1.29 is 73.4 Å². The van der Waals surface area contributed by atoms with E-state index in [1.807, 2.05) is 47.4 Å². The number of allylic oxidation sites excluding steroid dienone is 1. The maximum absolute atomic E-state index is 12.4. The number of methoxy groups -OCH3 is 1. The number of nitrogens with zero attached hydrogens (tertiary/aromatic N) is 2. The molecule has 3 aromatic carbocycles. The summed E-state index contributed by atoms with van der Waals surface area (Å²) in [5, 5.41) is 62.6. The molecule has 10 N–H and O–H groups in total. The van der Waals surface area contributed by atoms with Crippen molar-refractivity contribution >= 4 is 18.2 Å². The molecule has 19 nitrogen and oxygen atoms in total. The second kappa shape index (κ2) is 17.9. The number of aliphatic imine (C=N–C) groups is 1. The zero-order valence-corrected chi connectivity index (χ0v) is 33.5. The van der Waals surface area contributed by atoms with Crippen LogP contribution in [0, 0.1) is 0 Å². The van der Waals surface area contributed by atoms with E-state index in [1.54, 1.807) is 24.4 Å². The molecule has 1 saturated heterocycles. The monoisotopic (exact) mass is 860 g/mol. The third-order valence-electron chi connectivity index (χ3n) is 11.5. The molecular weight excluding hydrogens is 812 g/mol. The highest BCUT2D eigenvalue weighted by Gasteiger charge is 2.52. The molecule has 0 radical (unpaired) electrons. The maximum atomic E-state index is 12.4. The summed E-state index contributed by atoms with van der Waals surface area (Å²) in [4.78, 5) is 30.0. The minimum Gasteiger partial charge on any atom is -0.493 e. The molecule has 1 fully saturated rings. The first kappa shape index (κ1) is 42.9. The first-order chi connectivity index (χ1) is 29.9. The average molecular weight is 861 g/mol. The van der Waals surface area contributed by atoms with Crippen molar-refractivity contribution in [2.45, 2.75) is 80.5 Å². The van der Waals surface area contributed by atoms with Crippen LogP contribution < -0.4 is 35.2 Å². The number of aliphatic hydroxyl groups excluding tert-OH is 5. The Kier molecular flexibility index (Phi) is 12.4. The van der Waals surface area contributed by atoms with E-state index in [9.17, 15) is 35.1 Å². The normalized spacial score (nSPS) is 26.1. The van der Waals surface area contributed by atoms with Crippen LogP contribution in [0.25, 0.3) is 0 Å². The number of hydrogen-bond acceptors (Lipinski definition) is 18. The second-order valence-electron chi connectivity index (χ2n) is 15.4. The molecule has 330 valence electrons. The highest BCUT2D eigenvalue weighted by Crippen LogP contribution is 2.59. The van der Waals surface area contributed by atoms with Crippen LogP contribution in [0.5, 0.6) is 28.7 Å². The molecule has 3 aromatic rings. The fraction of sp³-hybridized carbons (Fsp3) is 0.419. The maximum Gasteiger partial charge on any atom is 0.317 e. The average Bonchev–Trinajstić information content (AvgIpc) is 3.96. The number of ether oxygens (including phenoxy) is 7. The predicted octanol–water partition coefficient (Wildman–Crippen LogP) is 0.134. The van der Waals surface area contributed by atoms with Gasteiger partial charge in [-0.3, -0.25) is 14.6 Å². The highest BCUT2D eigenvalue weighted by atomic mass is 16.7. The molecule has 0 aliphatic carbocycles. The Bertz CT molecular complexity index is 2270. The molecule has 8 rings (SSSR count). The number of aliphatic carboxylic acids is 1. The Labute approximate surface area is 354 Å². The van der Waals surface area contributed by atoms with Crippen molar-refractivity contribution in [3.05, 3.63) is 99.9 Å². The van der Waals surface area contributed by atoms with E-state index in [4.69, 9.17) is 49.7 Å². The number of aliphatic hydroxyl groups is 5. The smallest absolute Gasteiger partial charge is 0.317 e. The van der Waals surface area contributed by atoms with Crippen LogP contribution in [0.15, 0.2) is 82.6 Å². The van der Waals surface area contributed by atoms with Crippen LogP contribution in [-0.2, 0) is 32.0 Å². The van der Waals surface area contributed by atoms with Crippen molar-refractivity contribution in [3.8, 4) is 28.7 Å². The van der Waals surface area contributed by atoms with Crippen molar-refractivity contribution in [3.63, 3.8) is 0 Å². The summed E-state index contributed by atoms with van der Waals surface area (Å²) in [7, 11) is 1.51. The lowest BCUT2D eigenvalue weighted by molar-refractivity contribution is -0.291. The summed E-state index contributed by atoms with van der Waals surface area (Å²) < 4.78 is 43.0. The number of hydrogen-bond donors (Lipinski definition) is 8. The number of nitrogens with two attached hydrogens (primary N) is 2. The Hall–Kier alpha value is -5.77. The molecule has 9 atom stereocenters. The van der Waals surface area contributed by atoms with Gasteiger partial charge in [0.25, 0.3) is 0 Å². The fourth-order valence-electron chi connectivity index (χ4n) is 8.71. The largest absolute Gasteiger partial charge is 0.493 e. The van der Waals surface area contributed by atoms with E-state index in [-0.39, 0.29) is 32.1 Å². The van der Waals surface area contributed by atoms with E-state index in [0.717, 1.165) is 16.7 Å². The van der Waals surface area contributed by atoms with E-state index in [0.29, 0.717) is 58.5 Å². The third kappa shape index (κ3) is 8.16. The summed E-state index contributed by atoms with van der Waals surface area (Å²) in [6.45, 7) is 0.0304. The van der Waals surface area contributed by atoms with Gasteiger partial charge in [-0.1, -0.05) is 36.4 Å². The molecule has 0 aromatic heterocycles. The highest BCUT2D eigenvalue weighted by molar-refractivity contribution is 5.90. The molecule has 0 saturated carbocycles. The van der Waals surface area contributed by atoms with E-state index >= 15 is 0 Å². The number of carboxylic acid groups (broad SMARTS) is 1. The number of fused-ring (bicyclic) bond motifs is 6. The molecule has 0 amide bonds. The molecule has 9 unspecified atom stereocenters. The predicted molar refractivity (Wildman–Crippen MR) is 215 cm³/mol. The molecule has 0 spiro atoms. The van der Waals surface area contributed by atoms with Crippen molar-refractivity contribution in [2.24, 2.45) is 16.5 Å². The van der Waals surface area contributed by atoms with Crippen LogP contribution in [0.4, 0.5) is 0 Å². The van der Waals surface area contributed by atoms with Crippen LogP contribution in [0.2, 0.25) is 0 Å². The minimum absolute atomic E-state index is 0.0196. The lowest BCUT2D eigenvalue weighted by Crippen LogP contribution is -2.66. The summed E-state index contributed by atoms with van der Waals surface area (Å²) in [5.41, 5.74) is 17.0. The molecule has 5 heterocycles. The van der Waals surface area contributed by atoms with Gasteiger partial charge in [0.05, 0.1) is 43.8 Å². The summed E-state index contributed by atoms with van der Waals surface area (Å²) in [6.07, 6.45) is -10.6. The van der Waals surface area contributed by atoms with Crippen molar-refractivity contribution in [2.75, 3.05) is 33.5 Å². The topological polar surface area (TPSA) is 288 Å². The van der Waals surface area contributed by atoms with Gasteiger partial charge in [-0.15, -0.1) is 0 Å². The first-order valence-electron chi connectivity index (χ1n) is 20.0. The molecule has 0 bridgehead atoms. The second-order valence-corrected chi connectivity index (χ2v) is 15.4. The quantitative estimate of drug-likeness (QED) is 0.0540. The first-order valence-corrected chi connectivity index (χ1v) is 20.0. The zero-order valence-electron chi connectivity index (χ0n) is 33.5. The van der Waals surface area contributed by atoms with Crippen LogP contribution in [0.3, 0.4) is 0 Å². The number of benzene rings is 3. The lowest BCUT2D eigenvalue weighted by atomic mass is 9.80. The molecule has 19 heteroatoms. The van der Waals surface area contributed by atoms with Gasteiger partial charge in [0, 0.05) is 48.5 Å². The summed E-state index contributed by atoms with van der Waals surface area (Å²) in [6, 6.07) is 16.7. The Balaban J connectivity index is 1.21. The fourth-order valence-corrected chi connectivity index (χ4v) is 8.71. The van der Waals surface area contributed by atoms with Crippen molar-refractivity contribution in [1.29, 1.82) is 0 Å². The van der Waals surface area contributed by atoms with Crippen LogP contribution >= 0.6 is 0 Å². The van der Waals surface area contributed by atoms with Crippen LogP contribution in [0.1, 0.15) is 40.7 Å². The van der Waals surface area contributed by atoms with E-state index in [2.05, 4.69) is 4.99 Å². The molecule has 5 aliphatic heterocycles. The molecular formula is C43H48N4O15. The summed E-state index contributed by atoms with van der Waals surface area (Å²) in [5.74, 6) is -1.54. The lowest BCUT2D eigenvalue weighted by Gasteiger charge is -2.43. The zero-order chi connectivity index (χ0) is 43.8. The van der Waals surface area contributed by atoms with Gasteiger partial charge in [0.15, 0.2) is 17.6 Å². The van der Waals surface area contributed by atoms with Gasteiger partial charge in [-0.2, -0.15) is 0 Å². The van der Waals surface area contributed by atoms with E-state index in [1.165, 1.54) is 7.11 Å². The van der Waals surface area contributed by atoms with Gasteiger partial charge < -0.3 is 80.2 Å². The van der Waals surface area contributed by atoms with Crippen molar-refractivity contribution in [1.82, 2.24) is 4.90 Å². The Morgan fingerprint density at radius 3 is 2.52 bits per heavy atom. The molecule has 62 heavy (non-hydrogen) atoms. The van der Waals surface area contributed by atoms with Gasteiger partial charge in [-0.05, 0) is 29.3 Å². The minimum atomic E-state index is -1.93. The molecule has 5 aliphatic rings. The van der Waals surface area contributed by atoms with Gasteiger partial charge in [-0.25, -0.2) is 0 Å². The van der Waals surface area contributed by atoms with E-state index < -0.39 is 79.5 Å². The summed E-state index contributed by atoms with van der Waals surface area (Å²) >= 11 is 0. The number of carbonyl (C=O) groups excluding carboxylic acids is 1. The van der Waals surface area contributed by atoms with Gasteiger partial charge >= 0.3 is 11.9 Å². The SMILES string of the molecule is COc1ccc2c(c1OCCO)OC1c3c(CN4CC5=CC=NC5=C4CO)cc(OC4OC(C(OC(=O)CC(=O)O)C(N)N)C(O)C(O)C4O)cc3OC(Cc3ccccc3)C21. The Morgan fingerprint density at radius 2 is 1.81 bits per heavy atom. The number of esters is 1. The van der Waals surface area contributed by atoms with Gasteiger partial charge in [0.1, 0.15) is 61.2 Å².